The molecular formula is C54H84O8. The number of carboxylic acid groups (broad SMARTS) is 4. The molecule has 0 atom stereocenters. The predicted molar refractivity (Wildman–Crippen MR) is 252 cm³/mol. The van der Waals surface area contributed by atoms with Crippen LogP contribution in [0.5, 0.6) is 0 Å². The van der Waals surface area contributed by atoms with Gasteiger partial charge >= 0.3 is 23.9 Å². The fourth-order valence-electron chi connectivity index (χ4n) is 9.49. The molecule has 4 N–H and O–H groups in total. The third kappa shape index (κ3) is 14.2. The molecule has 348 valence electrons. The number of hydrogen-bond acceptors (Lipinski definition) is 4. The number of rotatable bonds is 29. The normalized spacial score (nSPS) is 15.1. The summed E-state index contributed by atoms with van der Waals surface area (Å²) in [6, 6.07) is 4.84. The van der Waals surface area contributed by atoms with Crippen molar-refractivity contribution < 1.29 is 39.6 Å². The zero-order valence-electron chi connectivity index (χ0n) is 40.5. The highest BCUT2D eigenvalue weighted by atomic mass is 16.4. The highest BCUT2D eigenvalue weighted by Crippen LogP contribution is 2.51. The lowest BCUT2D eigenvalue weighted by molar-refractivity contribution is -0.148. The molecule has 0 aliphatic heterocycles. The number of carboxylic acids is 4. The summed E-state index contributed by atoms with van der Waals surface area (Å²) in [5.41, 5.74) is 10.8. The lowest BCUT2D eigenvalue weighted by Gasteiger charge is -2.25. The smallest absolute Gasteiger partial charge is 0.309 e. The lowest BCUT2D eigenvalue weighted by Crippen LogP contribution is -2.23. The van der Waals surface area contributed by atoms with Gasteiger partial charge in [0, 0.05) is 0 Å². The van der Waals surface area contributed by atoms with Gasteiger partial charge in [-0.05, 0) is 214 Å². The van der Waals surface area contributed by atoms with E-state index in [9.17, 15) is 39.6 Å². The molecule has 0 heterocycles. The fourth-order valence-corrected chi connectivity index (χ4v) is 9.49. The number of hydrogen-bond donors (Lipinski definition) is 4. The fraction of sp³-hybridized carbons (Fsp3) is 0.704. The Morgan fingerprint density at radius 2 is 0.903 bits per heavy atom. The van der Waals surface area contributed by atoms with Gasteiger partial charge in [0.25, 0.3) is 0 Å². The van der Waals surface area contributed by atoms with E-state index in [-0.39, 0.29) is 0 Å². The molecule has 8 nitrogen and oxygen atoms in total. The average Bonchev–Trinajstić information content (AvgIpc) is 4.16. The quantitative estimate of drug-likeness (QED) is 0.0591. The van der Waals surface area contributed by atoms with Gasteiger partial charge in [-0.1, -0.05) is 77.3 Å². The summed E-state index contributed by atoms with van der Waals surface area (Å²) in [6.45, 7) is 20.2. The van der Waals surface area contributed by atoms with Crippen LogP contribution in [0, 0.1) is 49.4 Å². The van der Waals surface area contributed by atoms with E-state index < -0.39 is 45.5 Å². The standard InChI is InChI=1S/C52H78O8.C2H6/c1-35-33-40(22-13-9-11-17-25-49(5,6)45(53)54)44(42(36(35)2)24-16-20-28-52(31-32-52)48(59)60)43-34-39(21-15-19-27-51(29-30-51)47(57)58)37(3)41(38(43)4)23-14-10-12-18-26-50(7,8)46(55)56;1-2/h33-34H,9-32H2,1-8H3,(H,53,54)(H,55,56)(H,57,58)(H,59,60);1-2H3. The number of unbranched alkanes of at least 4 members (excludes halogenated alkanes) is 8. The number of carbonyl (C=O) groups is 4. The third-order valence-corrected chi connectivity index (χ3v) is 14.9. The van der Waals surface area contributed by atoms with E-state index in [0.29, 0.717) is 12.8 Å². The second-order valence-corrected chi connectivity index (χ2v) is 20.4. The highest BCUT2D eigenvalue weighted by molar-refractivity contribution is 5.79. The lowest BCUT2D eigenvalue weighted by atomic mass is 9.79. The van der Waals surface area contributed by atoms with Crippen molar-refractivity contribution in [1.29, 1.82) is 0 Å². The van der Waals surface area contributed by atoms with Crippen LogP contribution in [0.3, 0.4) is 0 Å². The number of benzene rings is 2. The Morgan fingerprint density at radius 3 is 1.35 bits per heavy atom. The molecule has 0 bridgehead atoms. The van der Waals surface area contributed by atoms with Crippen LogP contribution in [0.25, 0.3) is 11.1 Å². The second-order valence-electron chi connectivity index (χ2n) is 20.4. The van der Waals surface area contributed by atoms with Crippen LogP contribution in [0.15, 0.2) is 12.1 Å². The molecule has 4 rings (SSSR count). The van der Waals surface area contributed by atoms with Crippen molar-refractivity contribution in [2.24, 2.45) is 21.7 Å². The summed E-state index contributed by atoms with van der Waals surface area (Å²) >= 11 is 0. The maximum Gasteiger partial charge on any atom is 0.309 e. The van der Waals surface area contributed by atoms with Crippen LogP contribution in [0.1, 0.15) is 214 Å². The molecule has 0 spiro atoms. The molecule has 2 saturated carbocycles. The van der Waals surface area contributed by atoms with Gasteiger partial charge in [-0.15, -0.1) is 0 Å². The summed E-state index contributed by atoms with van der Waals surface area (Å²) in [5, 5.41) is 38.9. The van der Waals surface area contributed by atoms with E-state index in [1.54, 1.807) is 27.7 Å². The van der Waals surface area contributed by atoms with Gasteiger partial charge in [-0.3, -0.25) is 19.2 Å². The van der Waals surface area contributed by atoms with E-state index >= 15 is 0 Å². The molecule has 2 aromatic rings. The highest BCUT2D eigenvalue weighted by Gasteiger charge is 2.50. The minimum atomic E-state index is -0.746. The Labute approximate surface area is 375 Å². The molecule has 2 aliphatic carbocycles. The molecule has 62 heavy (non-hydrogen) atoms. The van der Waals surface area contributed by atoms with Crippen molar-refractivity contribution in [3.05, 3.63) is 56.6 Å². The van der Waals surface area contributed by atoms with Gasteiger partial charge in [0.2, 0.25) is 0 Å². The van der Waals surface area contributed by atoms with E-state index in [2.05, 4.69) is 39.8 Å². The molecular weight excluding hydrogens is 777 g/mol. The molecule has 0 amide bonds. The summed E-state index contributed by atoms with van der Waals surface area (Å²) in [5.74, 6) is -2.80. The zero-order valence-corrected chi connectivity index (χ0v) is 40.5. The molecule has 0 aromatic heterocycles. The van der Waals surface area contributed by atoms with E-state index in [1.165, 1.54) is 55.6 Å². The molecule has 8 heteroatoms. The van der Waals surface area contributed by atoms with Crippen LogP contribution in [-0.2, 0) is 44.9 Å². The Morgan fingerprint density at radius 1 is 0.500 bits per heavy atom. The summed E-state index contributed by atoms with van der Waals surface area (Å²) in [4.78, 5) is 47.3. The van der Waals surface area contributed by atoms with Gasteiger partial charge in [0.05, 0.1) is 21.7 Å². The number of aliphatic carboxylic acids is 4. The predicted octanol–water partition coefficient (Wildman–Crippen LogP) is 14.0. The van der Waals surface area contributed by atoms with Gasteiger partial charge in [-0.25, -0.2) is 0 Å². The topological polar surface area (TPSA) is 149 Å². The van der Waals surface area contributed by atoms with E-state index in [1.807, 2.05) is 13.8 Å². The van der Waals surface area contributed by atoms with Crippen LogP contribution in [-0.4, -0.2) is 44.3 Å². The number of aryl methyl sites for hydroxylation is 3. The molecule has 0 unspecified atom stereocenters. The summed E-state index contributed by atoms with van der Waals surface area (Å²) in [6.07, 6.45) is 21.1. The van der Waals surface area contributed by atoms with E-state index in [4.69, 9.17) is 0 Å². The van der Waals surface area contributed by atoms with Crippen molar-refractivity contribution in [3.8, 4) is 11.1 Å². The Kier molecular flexibility index (Phi) is 19.8. The van der Waals surface area contributed by atoms with Crippen LogP contribution in [0.2, 0.25) is 0 Å². The van der Waals surface area contributed by atoms with Crippen molar-refractivity contribution >= 4 is 23.9 Å². The monoisotopic (exact) mass is 861 g/mol. The summed E-state index contributed by atoms with van der Waals surface area (Å²) in [7, 11) is 0. The maximum absolute atomic E-state index is 12.0. The Bertz CT molecular complexity index is 1840. The molecule has 2 aliphatic rings. The molecule has 0 saturated heterocycles. The van der Waals surface area contributed by atoms with Gasteiger partial charge in [0.1, 0.15) is 0 Å². The average molecular weight is 861 g/mol. The van der Waals surface area contributed by atoms with Crippen molar-refractivity contribution in [2.75, 3.05) is 0 Å². The first kappa shape index (κ1) is 52.7. The van der Waals surface area contributed by atoms with Gasteiger partial charge in [-0.2, -0.15) is 0 Å². The first-order valence-corrected chi connectivity index (χ1v) is 24.4. The Hall–Kier alpha value is -3.68. The molecule has 2 fully saturated rings. The van der Waals surface area contributed by atoms with E-state index in [0.717, 1.165) is 141 Å². The van der Waals surface area contributed by atoms with Gasteiger partial charge < -0.3 is 20.4 Å². The van der Waals surface area contributed by atoms with Crippen LogP contribution in [0.4, 0.5) is 0 Å². The van der Waals surface area contributed by atoms with Gasteiger partial charge in [0.15, 0.2) is 0 Å². The SMILES string of the molecule is CC.Cc1cc(CCCCCCC(C)(C)C(=O)O)c(-c2cc(CCCCC3(C(=O)O)CC3)c(C)c(CCCCCCC(C)(C)C(=O)O)c2C)c(CCCCC2(C(=O)O)CC2)c1C. The minimum Gasteiger partial charge on any atom is -0.481 e. The van der Waals surface area contributed by atoms with Crippen LogP contribution < -0.4 is 0 Å². The largest absolute Gasteiger partial charge is 0.481 e. The van der Waals surface area contributed by atoms with Crippen molar-refractivity contribution in [2.45, 2.75) is 223 Å². The maximum atomic E-state index is 12.0. The first-order chi connectivity index (χ1) is 29.2. The van der Waals surface area contributed by atoms with Crippen molar-refractivity contribution in [3.63, 3.8) is 0 Å². The molecule has 2 aromatic carbocycles. The zero-order chi connectivity index (χ0) is 46.5. The minimum absolute atomic E-state index is 0.516. The second kappa shape index (κ2) is 23.3. The van der Waals surface area contributed by atoms with Crippen LogP contribution >= 0.6 is 0 Å². The van der Waals surface area contributed by atoms with Crippen molar-refractivity contribution in [1.82, 2.24) is 0 Å². The molecule has 0 radical (unpaired) electrons. The summed E-state index contributed by atoms with van der Waals surface area (Å²) < 4.78 is 0. The first-order valence-electron chi connectivity index (χ1n) is 24.4. The third-order valence-electron chi connectivity index (χ3n) is 14.9. The Balaban J connectivity index is 0.00000504.